The summed E-state index contributed by atoms with van der Waals surface area (Å²) in [5.41, 5.74) is 13.4. The van der Waals surface area contributed by atoms with Crippen LogP contribution < -0.4 is 27.3 Å². The molecule has 0 atom stereocenters. The molecule has 0 spiro atoms. The molecule has 0 saturated heterocycles. The van der Waals surface area contributed by atoms with Crippen LogP contribution in [0.5, 0.6) is 11.5 Å². The second-order valence-electron chi connectivity index (χ2n) is 13.9. The van der Waals surface area contributed by atoms with E-state index in [0.717, 1.165) is 88.1 Å². The molecule has 2 N–H and O–H groups in total. The summed E-state index contributed by atoms with van der Waals surface area (Å²) in [5, 5.41) is 28.8. The minimum Gasteiger partial charge on any atom is -0.505 e. The molecule has 0 aliphatic rings. The van der Waals surface area contributed by atoms with Crippen LogP contribution in [0.3, 0.4) is 0 Å². The van der Waals surface area contributed by atoms with Crippen LogP contribution in [0.15, 0.2) is 127 Å². The lowest BCUT2D eigenvalue weighted by molar-refractivity contribution is 0.410. The van der Waals surface area contributed by atoms with Gasteiger partial charge in [0.15, 0.2) is 11.5 Å². The molecule has 8 aromatic carbocycles. The van der Waals surface area contributed by atoms with Crippen molar-refractivity contribution in [1.82, 2.24) is 9.55 Å². The van der Waals surface area contributed by atoms with Crippen molar-refractivity contribution in [3.63, 3.8) is 0 Å². The van der Waals surface area contributed by atoms with E-state index in [4.69, 9.17) is 4.98 Å². The zero-order valence-corrected chi connectivity index (χ0v) is 29.9. The number of phenolic OH excluding ortho intramolecular Hbond substituents is 2. The zero-order valence-electron chi connectivity index (χ0n) is 29.9. The standard InChI is InChI=1S/C43H33B5N2O2/c44-36-33(34-35(37(45)40(36)48)39(47)42(52)41(51)38(34)46)32-25-16-6-4-14-23(25)31(24-15-5-7-17-26(24)32)27-18-8-10-20-29(27)50-30-21-11-9-19-28(30)49-43(50)22-12-2-1-3-13-22/h1-21,51-52H,44-48H2. The minimum atomic E-state index is -0.0603. The monoisotopic (exact) mass is 664 g/mol. The molecule has 1 aromatic heterocycles. The third kappa shape index (κ3) is 4.51. The first-order valence-electron chi connectivity index (χ1n) is 17.8. The lowest BCUT2D eigenvalue weighted by Gasteiger charge is -2.26. The normalized spacial score (nSPS) is 11.6. The predicted molar refractivity (Wildman–Crippen MR) is 234 cm³/mol. The molecular weight excluding hydrogens is 631 g/mol. The molecule has 1 heterocycles. The van der Waals surface area contributed by atoms with Gasteiger partial charge < -0.3 is 10.2 Å². The van der Waals surface area contributed by atoms with Crippen LogP contribution in [0.1, 0.15) is 0 Å². The molecule has 0 saturated carbocycles. The van der Waals surface area contributed by atoms with Crippen molar-refractivity contribution in [3.05, 3.63) is 127 Å². The second kappa shape index (κ2) is 12.0. The molecule has 52 heavy (non-hydrogen) atoms. The summed E-state index contributed by atoms with van der Waals surface area (Å²) in [7, 11) is 10.3. The van der Waals surface area contributed by atoms with E-state index < -0.39 is 0 Å². The van der Waals surface area contributed by atoms with E-state index in [9.17, 15) is 10.2 Å². The fourth-order valence-electron chi connectivity index (χ4n) is 8.52. The van der Waals surface area contributed by atoms with Gasteiger partial charge in [-0.15, -0.1) is 5.46 Å². The topological polar surface area (TPSA) is 58.3 Å². The van der Waals surface area contributed by atoms with Crippen molar-refractivity contribution >= 4 is 110 Å². The highest BCUT2D eigenvalue weighted by Crippen LogP contribution is 2.46. The Labute approximate surface area is 306 Å². The zero-order chi connectivity index (χ0) is 35.8. The largest absolute Gasteiger partial charge is 0.505 e. The Morgan fingerprint density at radius 3 is 1.62 bits per heavy atom. The maximum Gasteiger partial charge on any atom is 0.150 e. The van der Waals surface area contributed by atoms with Gasteiger partial charge in [-0.05, 0) is 78.1 Å². The molecule has 0 aliphatic carbocycles. The molecular formula is C43H33B5N2O2. The molecule has 0 fully saturated rings. The third-order valence-electron chi connectivity index (χ3n) is 11.2. The van der Waals surface area contributed by atoms with Gasteiger partial charge in [-0.3, -0.25) is 4.57 Å². The van der Waals surface area contributed by atoms with Gasteiger partial charge >= 0.3 is 0 Å². The van der Waals surface area contributed by atoms with Gasteiger partial charge in [0.2, 0.25) is 0 Å². The van der Waals surface area contributed by atoms with E-state index in [0.29, 0.717) is 10.9 Å². The lowest BCUT2D eigenvalue weighted by Crippen LogP contribution is -2.43. The summed E-state index contributed by atoms with van der Waals surface area (Å²) in [4.78, 5) is 5.18. The number of para-hydroxylation sites is 3. The summed E-state index contributed by atoms with van der Waals surface area (Å²) >= 11 is 0. The molecule has 0 amide bonds. The fourth-order valence-corrected chi connectivity index (χ4v) is 8.52. The van der Waals surface area contributed by atoms with Crippen molar-refractivity contribution in [1.29, 1.82) is 0 Å². The van der Waals surface area contributed by atoms with Crippen LogP contribution in [-0.4, -0.2) is 59.0 Å². The van der Waals surface area contributed by atoms with E-state index in [1.165, 1.54) is 10.9 Å². The summed E-state index contributed by atoms with van der Waals surface area (Å²) in [6.07, 6.45) is 0. The molecule has 242 valence electrons. The molecule has 4 nitrogen and oxygen atoms in total. The first-order valence-corrected chi connectivity index (χ1v) is 17.8. The van der Waals surface area contributed by atoms with E-state index >= 15 is 0 Å². The molecule has 0 unspecified atom stereocenters. The number of phenols is 2. The lowest BCUT2D eigenvalue weighted by atomic mass is 9.63. The number of nitrogens with zero attached hydrogens (tertiary/aromatic N) is 2. The highest BCUT2D eigenvalue weighted by atomic mass is 16.3. The maximum atomic E-state index is 11.3. The first kappa shape index (κ1) is 31.9. The van der Waals surface area contributed by atoms with Gasteiger partial charge in [-0.1, -0.05) is 120 Å². The smallest absolute Gasteiger partial charge is 0.150 e. The van der Waals surface area contributed by atoms with Crippen molar-refractivity contribution in [3.8, 4) is 50.8 Å². The summed E-state index contributed by atoms with van der Waals surface area (Å²) in [6.45, 7) is 0. The van der Waals surface area contributed by atoms with Crippen molar-refractivity contribution in [2.24, 2.45) is 0 Å². The Hall–Kier alpha value is -6.07. The van der Waals surface area contributed by atoms with E-state index in [2.05, 4.69) is 143 Å². The van der Waals surface area contributed by atoms with Crippen molar-refractivity contribution in [2.75, 3.05) is 0 Å². The number of aromatic hydroxyl groups is 2. The van der Waals surface area contributed by atoms with E-state index in [1.54, 1.807) is 0 Å². The highest BCUT2D eigenvalue weighted by Gasteiger charge is 2.26. The van der Waals surface area contributed by atoms with Crippen molar-refractivity contribution in [2.45, 2.75) is 0 Å². The van der Waals surface area contributed by atoms with Crippen molar-refractivity contribution < 1.29 is 10.2 Å². The van der Waals surface area contributed by atoms with Crippen LogP contribution in [0.2, 0.25) is 0 Å². The Morgan fingerprint density at radius 1 is 0.442 bits per heavy atom. The Balaban J connectivity index is 1.45. The van der Waals surface area contributed by atoms with Crippen LogP contribution >= 0.6 is 0 Å². The Bertz CT molecular complexity index is 2880. The summed E-state index contributed by atoms with van der Waals surface area (Å²) in [6, 6.07) is 44.9. The minimum absolute atomic E-state index is 0.0501. The molecule has 9 aromatic rings. The van der Waals surface area contributed by atoms with Crippen LogP contribution in [0.4, 0.5) is 0 Å². The number of rotatable bonds is 4. The average molecular weight is 664 g/mol. The number of hydrogen-bond donors (Lipinski definition) is 2. The molecule has 9 heteroatoms. The number of fused-ring (bicyclic) bond motifs is 4. The van der Waals surface area contributed by atoms with Crippen LogP contribution in [0.25, 0.3) is 82.7 Å². The molecule has 0 radical (unpaired) electrons. The Morgan fingerprint density at radius 2 is 0.962 bits per heavy atom. The van der Waals surface area contributed by atoms with Crippen LogP contribution in [-0.2, 0) is 0 Å². The molecule has 0 aliphatic heterocycles. The Kier molecular flexibility index (Phi) is 7.37. The summed E-state index contributed by atoms with van der Waals surface area (Å²) < 4.78 is 2.31. The molecule has 9 rings (SSSR count). The second-order valence-corrected chi connectivity index (χ2v) is 13.9. The number of hydrogen-bond acceptors (Lipinski definition) is 3. The van der Waals surface area contributed by atoms with E-state index in [1.807, 2.05) is 27.8 Å². The SMILES string of the molecule is Bc1c(B)c(-c2c3ccccc3c(-c3ccccc3-n3c(-c4ccccc4)nc4ccccc43)c3ccccc23)c2c(B)c(O)c(O)c(B)c2c1B. The highest BCUT2D eigenvalue weighted by molar-refractivity contribution is 6.66. The van der Waals surface area contributed by atoms with Gasteiger partial charge in [-0.2, -0.15) is 0 Å². The number of imidazole rings is 1. The van der Waals surface area contributed by atoms with E-state index in [-0.39, 0.29) is 11.5 Å². The number of aromatic nitrogens is 2. The maximum absolute atomic E-state index is 11.3. The van der Waals surface area contributed by atoms with Gasteiger partial charge in [-0.25, -0.2) is 4.98 Å². The third-order valence-corrected chi connectivity index (χ3v) is 11.2. The average Bonchev–Trinajstić information content (AvgIpc) is 3.57. The van der Waals surface area contributed by atoms with Gasteiger partial charge in [0.25, 0.3) is 0 Å². The van der Waals surface area contributed by atoms with Crippen LogP contribution in [0, 0.1) is 0 Å². The van der Waals surface area contributed by atoms with Gasteiger partial charge in [0.1, 0.15) is 45.1 Å². The quantitative estimate of drug-likeness (QED) is 0.173. The van der Waals surface area contributed by atoms with Gasteiger partial charge in [0.05, 0.1) is 16.7 Å². The summed E-state index contributed by atoms with van der Waals surface area (Å²) in [5.74, 6) is 0.784. The molecule has 0 bridgehead atoms. The van der Waals surface area contributed by atoms with Gasteiger partial charge in [0, 0.05) is 11.1 Å². The fraction of sp³-hybridized carbons (Fsp3) is 0. The number of benzene rings is 8. The first-order chi connectivity index (χ1) is 25.3. The predicted octanol–water partition coefficient (Wildman–Crippen LogP) is 2.19.